The second-order valence-corrected chi connectivity index (χ2v) is 8.17. The molecule has 5 nitrogen and oxygen atoms in total. The van der Waals surface area contributed by atoms with Crippen LogP contribution in [0.25, 0.3) is 0 Å². The van der Waals surface area contributed by atoms with E-state index in [2.05, 4.69) is 14.6 Å². The molecule has 22 heavy (non-hydrogen) atoms. The van der Waals surface area contributed by atoms with Crippen molar-refractivity contribution in [2.24, 2.45) is 0 Å². The predicted molar refractivity (Wildman–Crippen MR) is 90.6 cm³/mol. The molecule has 0 unspecified atom stereocenters. The van der Waals surface area contributed by atoms with Crippen LogP contribution in [0.2, 0.25) is 5.15 Å². The molecule has 2 aromatic rings. The van der Waals surface area contributed by atoms with Gasteiger partial charge in [-0.25, -0.2) is 13.4 Å². The molecule has 0 aliphatic carbocycles. The predicted octanol–water partition coefficient (Wildman–Crippen LogP) is 3.51. The molecule has 1 saturated heterocycles. The Morgan fingerprint density at radius 2 is 1.95 bits per heavy atom. The van der Waals surface area contributed by atoms with Gasteiger partial charge in [0.1, 0.15) is 5.00 Å². The molecule has 0 atom stereocenters. The summed E-state index contributed by atoms with van der Waals surface area (Å²) in [5, 5.41) is 1.49. The van der Waals surface area contributed by atoms with Gasteiger partial charge in [-0.3, -0.25) is 4.72 Å². The van der Waals surface area contributed by atoms with Gasteiger partial charge in [-0.15, -0.1) is 0 Å². The minimum Gasteiger partial charge on any atom is -0.361 e. The topological polar surface area (TPSA) is 62.3 Å². The smallest absolute Gasteiger partial charge is 0.263 e. The number of thiazole rings is 1. The van der Waals surface area contributed by atoms with Crippen molar-refractivity contribution in [3.05, 3.63) is 35.0 Å². The number of hydrogen-bond acceptors (Lipinski definition) is 5. The van der Waals surface area contributed by atoms with Crippen LogP contribution in [-0.4, -0.2) is 26.5 Å². The van der Waals surface area contributed by atoms with Crippen molar-refractivity contribution in [1.29, 1.82) is 0 Å². The van der Waals surface area contributed by atoms with Gasteiger partial charge in [-0.05, 0) is 31.4 Å². The molecule has 118 valence electrons. The van der Waals surface area contributed by atoms with Crippen LogP contribution in [0.15, 0.2) is 29.2 Å². The number of nitrogens with zero attached hydrogens (tertiary/aromatic N) is 2. The Morgan fingerprint density at radius 3 is 2.64 bits per heavy atom. The minimum atomic E-state index is -3.65. The van der Waals surface area contributed by atoms with Crippen LogP contribution in [-0.2, 0) is 10.0 Å². The van der Waals surface area contributed by atoms with Gasteiger partial charge < -0.3 is 4.90 Å². The number of rotatable bonds is 4. The van der Waals surface area contributed by atoms with Crippen molar-refractivity contribution in [1.82, 2.24) is 4.98 Å². The maximum atomic E-state index is 12.5. The van der Waals surface area contributed by atoms with E-state index in [4.69, 9.17) is 11.6 Å². The van der Waals surface area contributed by atoms with E-state index in [0.29, 0.717) is 15.8 Å². The molecule has 0 saturated carbocycles. The Hall–Kier alpha value is -1.31. The average Bonchev–Trinajstić information content (AvgIpc) is 3.08. The lowest BCUT2D eigenvalue weighted by atomic mass is 10.2. The maximum Gasteiger partial charge on any atom is 0.263 e. The van der Waals surface area contributed by atoms with Crippen LogP contribution in [0, 0.1) is 6.92 Å². The molecule has 1 aliphatic rings. The molecule has 2 heterocycles. The van der Waals surface area contributed by atoms with Crippen LogP contribution < -0.4 is 9.62 Å². The normalized spacial score (nSPS) is 15.3. The van der Waals surface area contributed by atoms with Gasteiger partial charge in [-0.1, -0.05) is 41.1 Å². The monoisotopic (exact) mass is 357 g/mol. The summed E-state index contributed by atoms with van der Waals surface area (Å²) in [4.78, 5) is 6.55. The number of hydrogen-bond donors (Lipinski definition) is 1. The molecule has 1 fully saturated rings. The van der Waals surface area contributed by atoms with Gasteiger partial charge in [0.25, 0.3) is 10.0 Å². The van der Waals surface area contributed by atoms with Crippen LogP contribution in [0.5, 0.6) is 0 Å². The molecular weight excluding hydrogens is 342 g/mol. The van der Waals surface area contributed by atoms with Gasteiger partial charge >= 0.3 is 0 Å². The van der Waals surface area contributed by atoms with E-state index in [-0.39, 0.29) is 4.90 Å². The Bertz CT molecular complexity index is 783. The summed E-state index contributed by atoms with van der Waals surface area (Å²) in [7, 11) is -3.65. The molecule has 8 heteroatoms. The van der Waals surface area contributed by atoms with Crippen molar-refractivity contribution in [3.8, 4) is 0 Å². The quantitative estimate of drug-likeness (QED) is 0.909. The highest BCUT2D eigenvalue weighted by atomic mass is 35.5. The standard InChI is InChI=1S/C14H16ClN3O2S2/c1-10-6-2-3-7-11(10)22(19,20)17-14-16-12(15)13(21-14)18-8-4-5-9-18/h2-3,6-7H,4-5,8-9H2,1H3,(H,16,17). The Kier molecular flexibility index (Phi) is 4.29. The number of sulfonamides is 1. The molecule has 1 aliphatic heterocycles. The highest BCUT2D eigenvalue weighted by Crippen LogP contribution is 2.37. The molecule has 0 bridgehead atoms. The molecule has 1 N–H and O–H groups in total. The van der Waals surface area contributed by atoms with Crippen molar-refractivity contribution in [2.45, 2.75) is 24.7 Å². The largest absolute Gasteiger partial charge is 0.361 e. The first-order valence-corrected chi connectivity index (χ1v) is 9.65. The summed E-state index contributed by atoms with van der Waals surface area (Å²) in [5.41, 5.74) is 0.692. The fourth-order valence-electron chi connectivity index (χ4n) is 2.48. The van der Waals surface area contributed by atoms with E-state index < -0.39 is 10.0 Å². The molecular formula is C14H16ClN3O2S2. The zero-order chi connectivity index (χ0) is 15.7. The third kappa shape index (κ3) is 3.06. The molecule has 0 spiro atoms. The van der Waals surface area contributed by atoms with Crippen LogP contribution >= 0.6 is 22.9 Å². The molecule has 1 aromatic heterocycles. The lowest BCUT2D eigenvalue weighted by Gasteiger charge is -2.14. The number of halogens is 1. The lowest BCUT2D eigenvalue weighted by molar-refractivity contribution is 0.600. The zero-order valence-corrected chi connectivity index (χ0v) is 14.4. The Labute approximate surface area is 139 Å². The first-order valence-electron chi connectivity index (χ1n) is 6.97. The first-order chi connectivity index (χ1) is 10.5. The summed E-state index contributed by atoms with van der Waals surface area (Å²) < 4.78 is 27.5. The highest BCUT2D eigenvalue weighted by Gasteiger charge is 2.23. The van der Waals surface area contributed by atoms with E-state index in [9.17, 15) is 8.42 Å². The van der Waals surface area contributed by atoms with E-state index >= 15 is 0 Å². The molecule has 3 rings (SSSR count). The van der Waals surface area contributed by atoms with E-state index in [1.807, 2.05) is 0 Å². The van der Waals surface area contributed by atoms with E-state index in [1.54, 1.807) is 31.2 Å². The van der Waals surface area contributed by atoms with Crippen LogP contribution in [0.4, 0.5) is 10.1 Å². The van der Waals surface area contributed by atoms with Crippen molar-refractivity contribution >= 4 is 43.1 Å². The number of benzene rings is 1. The average molecular weight is 358 g/mol. The van der Waals surface area contributed by atoms with Gasteiger partial charge in [-0.2, -0.15) is 0 Å². The summed E-state index contributed by atoms with van der Waals surface area (Å²) in [6.07, 6.45) is 2.25. The number of nitrogens with one attached hydrogen (secondary N) is 1. The fourth-order valence-corrected chi connectivity index (χ4v) is 5.24. The van der Waals surface area contributed by atoms with E-state index in [0.717, 1.165) is 30.9 Å². The second kappa shape index (κ2) is 6.06. The van der Waals surface area contributed by atoms with Crippen LogP contribution in [0.3, 0.4) is 0 Å². The fraction of sp³-hybridized carbons (Fsp3) is 0.357. The first kappa shape index (κ1) is 15.6. The van der Waals surface area contributed by atoms with Gasteiger partial charge in [0.2, 0.25) is 0 Å². The Balaban J connectivity index is 1.87. The van der Waals surface area contributed by atoms with Gasteiger partial charge in [0.15, 0.2) is 10.3 Å². The zero-order valence-electron chi connectivity index (χ0n) is 12.0. The van der Waals surface area contributed by atoms with E-state index in [1.165, 1.54) is 11.3 Å². The van der Waals surface area contributed by atoms with Gasteiger partial charge in [0.05, 0.1) is 4.90 Å². The lowest BCUT2D eigenvalue weighted by Crippen LogP contribution is -2.16. The second-order valence-electron chi connectivity index (χ2n) is 5.18. The molecule has 1 aromatic carbocycles. The highest BCUT2D eigenvalue weighted by molar-refractivity contribution is 7.93. The van der Waals surface area contributed by atoms with Crippen molar-refractivity contribution < 1.29 is 8.42 Å². The minimum absolute atomic E-state index is 0.254. The SMILES string of the molecule is Cc1ccccc1S(=O)(=O)Nc1nc(Cl)c(N2CCCC2)s1. The third-order valence-corrected chi connectivity index (χ3v) is 6.60. The van der Waals surface area contributed by atoms with Crippen molar-refractivity contribution in [2.75, 3.05) is 22.7 Å². The summed E-state index contributed by atoms with van der Waals surface area (Å²) in [5.74, 6) is 0. The van der Waals surface area contributed by atoms with Crippen molar-refractivity contribution in [3.63, 3.8) is 0 Å². The molecule has 0 radical (unpaired) electrons. The summed E-state index contributed by atoms with van der Waals surface area (Å²) in [6, 6.07) is 6.85. The third-order valence-electron chi connectivity index (χ3n) is 3.57. The number of aryl methyl sites for hydroxylation is 1. The Morgan fingerprint density at radius 1 is 1.27 bits per heavy atom. The summed E-state index contributed by atoms with van der Waals surface area (Å²) >= 11 is 7.43. The number of aromatic nitrogens is 1. The molecule has 0 amide bonds. The summed E-state index contributed by atoms with van der Waals surface area (Å²) in [6.45, 7) is 3.64. The number of anilines is 2. The van der Waals surface area contributed by atoms with Gasteiger partial charge in [0, 0.05) is 13.1 Å². The van der Waals surface area contributed by atoms with Crippen LogP contribution in [0.1, 0.15) is 18.4 Å². The maximum absolute atomic E-state index is 12.5.